The van der Waals surface area contributed by atoms with E-state index in [-0.39, 0.29) is 42.3 Å². The van der Waals surface area contributed by atoms with E-state index in [1.165, 1.54) is 0 Å². The van der Waals surface area contributed by atoms with Gasteiger partial charge in [-0.25, -0.2) is 14.8 Å². The molecule has 172 valence electrons. The number of phenolic OH excluding ortho intramolecular Hbond substituents is 1. The first-order valence-electron chi connectivity index (χ1n) is 11.6. The average Bonchev–Trinajstić information content (AvgIpc) is 3.47. The van der Waals surface area contributed by atoms with Crippen LogP contribution in [0.2, 0.25) is 0 Å². The molecule has 1 aliphatic carbocycles. The van der Waals surface area contributed by atoms with E-state index in [1.807, 2.05) is 19.2 Å². The molecule has 0 amide bonds. The summed E-state index contributed by atoms with van der Waals surface area (Å²) in [7, 11) is 0. The van der Waals surface area contributed by atoms with Gasteiger partial charge in [0.25, 0.3) is 0 Å². The summed E-state index contributed by atoms with van der Waals surface area (Å²) >= 11 is 0. The number of aryl methyl sites for hydroxylation is 1. The molecule has 5 unspecified atom stereocenters. The number of imidazole rings is 1. The predicted molar refractivity (Wildman–Crippen MR) is 121 cm³/mol. The fourth-order valence-corrected chi connectivity index (χ4v) is 5.69. The molecule has 3 aliphatic rings. The van der Waals surface area contributed by atoms with Gasteiger partial charge >= 0.3 is 0 Å². The van der Waals surface area contributed by atoms with Crippen LogP contribution in [-0.2, 0) is 6.42 Å². The van der Waals surface area contributed by atoms with Crippen LogP contribution >= 0.6 is 0 Å². The number of nitrogens with one attached hydrogen (secondary N) is 4. The zero-order chi connectivity index (χ0) is 22.2. The third-order valence-electron chi connectivity index (χ3n) is 7.42. The molecule has 3 heterocycles. The Kier molecular flexibility index (Phi) is 6.03. The van der Waals surface area contributed by atoms with E-state index in [0.29, 0.717) is 0 Å². The Bertz CT molecular complexity index is 993. The summed E-state index contributed by atoms with van der Waals surface area (Å²) in [5.41, 5.74) is 10.7. The molecule has 5 rings (SSSR count). The van der Waals surface area contributed by atoms with Crippen LogP contribution in [-0.4, -0.2) is 51.6 Å². The number of benzene rings is 1. The van der Waals surface area contributed by atoms with Gasteiger partial charge in [-0.05, 0) is 54.5 Å². The lowest BCUT2D eigenvalue weighted by atomic mass is 9.71. The quantitative estimate of drug-likeness (QED) is 0.426. The van der Waals surface area contributed by atoms with Gasteiger partial charge in [-0.15, -0.1) is 0 Å². The van der Waals surface area contributed by atoms with Gasteiger partial charge in [-0.3, -0.25) is 5.43 Å². The van der Waals surface area contributed by atoms with Crippen LogP contribution in [0.25, 0.3) is 5.57 Å². The summed E-state index contributed by atoms with van der Waals surface area (Å²) < 4.78 is 15.7. The lowest BCUT2D eigenvalue weighted by molar-refractivity contribution is 0.135. The first-order valence-corrected chi connectivity index (χ1v) is 11.6. The molecular formula is C24H32FN5O2. The van der Waals surface area contributed by atoms with E-state index in [0.717, 1.165) is 60.4 Å². The first-order chi connectivity index (χ1) is 15.6. The van der Waals surface area contributed by atoms with E-state index in [9.17, 15) is 10.2 Å². The molecule has 1 saturated carbocycles. The Morgan fingerprint density at radius 1 is 1.22 bits per heavy atom. The monoisotopic (exact) mass is 441 g/mol. The average molecular weight is 442 g/mol. The van der Waals surface area contributed by atoms with Gasteiger partial charge in [-0.1, -0.05) is 19.1 Å². The zero-order valence-electron chi connectivity index (χ0n) is 18.3. The highest BCUT2D eigenvalue weighted by Crippen LogP contribution is 2.45. The van der Waals surface area contributed by atoms with E-state index >= 15 is 4.39 Å². The number of rotatable bonds is 5. The molecule has 2 fully saturated rings. The molecule has 1 saturated heterocycles. The number of hydrogen-bond donors (Lipinski definition) is 6. The van der Waals surface area contributed by atoms with E-state index < -0.39 is 6.17 Å². The van der Waals surface area contributed by atoms with Crippen LogP contribution in [0.3, 0.4) is 0 Å². The van der Waals surface area contributed by atoms with Gasteiger partial charge in [-0.2, -0.15) is 0 Å². The molecule has 1 aromatic carbocycles. The summed E-state index contributed by atoms with van der Waals surface area (Å²) in [5.74, 6) is 0.986. The molecule has 7 nitrogen and oxygen atoms in total. The minimum Gasteiger partial charge on any atom is -0.508 e. The van der Waals surface area contributed by atoms with Crippen molar-refractivity contribution in [2.75, 3.05) is 13.2 Å². The zero-order valence-corrected chi connectivity index (χ0v) is 18.3. The Labute approximate surface area is 187 Å². The second kappa shape index (κ2) is 8.94. The number of fused-ring (bicyclic) bond motifs is 1. The molecule has 0 spiro atoms. The summed E-state index contributed by atoms with van der Waals surface area (Å²) in [4.78, 5) is 8.07. The molecule has 0 bridgehead atoms. The standard InChI is InChI=1S/C24H32FN5O2/c1-2-13-10-16(32)3-4-17(13)18-5-6-19-22(21(18)25)29-30-23(19)24-27-11-20(28-24)14-7-8-26-15(9-14)12-31/h3-4,7,10-11,15,18-19,21-23,26,29-32H,2,5-6,8-9,12H2,1H3,(H,27,28)/t15-,18?,19?,21?,22?,23?/m1/s1. The van der Waals surface area contributed by atoms with Gasteiger partial charge in [0.1, 0.15) is 17.7 Å². The number of aromatic amines is 1. The smallest absolute Gasteiger partial charge is 0.125 e. The van der Waals surface area contributed by atoms with Crippen LogP contribution in [0, 0.1) is 5.92 Å². The number of hydrogen-bond acceptors (Lipinski definition) is 6. The lowest BCUT2D eigenvalue weighted by Gasteiger charge is -2.36. The summed E-state index contributed by atoms with van der Waals surface area (Å²) in [6.45, 7) is 2.87. The number of aliphatic hydroxyl groups is 1. The summed E-state index contributed by atoms with van der Waals surface area (Å²) in [5, 5.41) is 22.5. The summed E-state index contributed by atoms with van der Waals surface area (Å²) in [6, 6.07) is 5.01. The van der Waals surface area contributed by atoms with Crippen LogP contribution in [0.4, 0.5) is 4.39 Å². The van der Waals surface area contributed by atoms with Crippen LogP contribution in [0.15, 0.2) is 30.5 Å². The van der Waals surface area contributed by atoms with Crippen LogP contribution < -0.4 is 16.2 Å². The number of phenols is 1. The second-order valence-corrected chi connectivity index (χ2v) is 9.22. The second-order valence-electron chi connectivity index (χ2n) is 9.22. The van der Waals surface area contributed by atoms with Crippen molar-refractivity contribution < 1.29 is 14.6 Å². The fourth-order valence-electron chi connectivity index (χ4n) is 5.69. The highest BCUT2D eigenvalue weighted by Gasteiger charge is 2.48. The maximum absolute atomic E-state index is 15.7. The van der Waals surface area contributed by atoms with Gasteiger partial charge in [0.15, 0.2) is 0 Å². The third kappa shape index (κ3) is 3.85. The molecule has 2 aromatic rings. The Balaban J connectivity index is 1.32. The van der Waals surface area contributed by atoms with Crippen molar-refractivity contribution in [3.05, 3.63) is 53.1 Å². The van der Waals surface area contributed by atoms with Crippen molar-refractivity contribution >= 4 is 5.57 Å². The van der Waals surface area contributed by atoms with Crippen LogP contribution in [0.5, 0.6) is 5.75 Å². The molecule has 6 atom stereocenters. The van der Waals surface area contributed by atoms with E-state index in [4.69, 9.17) is 0 Å². The molecule has 8 heteroatoms. The van der Waals surface area contributed by atoms with E-state index in [1.54, 1.807) is 12.1 Å². The van der Waals surface area contributed by atoms with Crippen molar-refractivity contribution in [1.29, 1.82) is 0 Å². The number of alkyl halides is 1. The predicted octanol–water partition coefficient (Wildman–Crippen LogP) is 2.46. The van der Waals surface area contributed by atoms with E-state index in [2.05, 4.69) is 32.2 Å². The molecular weight excluding hydrogens is 409 g/mol. The van der Waals surface area contributed by atoms with Crippen molar-refractivity contribution in [2.45, 2.75) is 62.8 Å². The Hall–Kier alpha value is -2.26. The van der Waals surface area contributed by atoms with Gasteiger partial charge in [0, 0.05) is 24.4 Å². The molecule has 6 N–H and O–H groups in total. The molecule has 1 aromatic heterocycles. The number of aromatic nitrogens is 2. The Morgan fingerprint density at radius 2 is 2.09 bits per heavy atom. The highest BCUT2D eigenvalue weighted by molar-refractivity contribution is 5.64. The highest BCUT2D eigenvalue weighted by atomic mass is 19.1. The molecule has 32 heavy (non-hydrogen) atoms. The summed E-state index contributed by atoms with van der Waals surface area (Å²) in [6.07, 6.45) is 6.13. The third-order valence-corrected chi connectivity index (χ3v) is 7.42. The molecule has 2 aliphatic heterocycles. The van der Waals surface area contributed by atoms with Crippen molar-refractivity contribution in [2.24, 2.45) is 5.92 Å². The number of aliphatic hydroxyl groups excluding tert-OH is 1. The van der Waals surface area contributed by atoms with Crippen molar-refractivity contribution in [3.63, 3.8) is 0 Å². The largest absolute Gasteiger partial charge is 0.508 e. The number of halogens is 1. The lowest BCUT2D eigenvalue weighted by Crippen LogP contribution is -2.45. The normalized spacial score (nSPS) is 32.5. The topological polar surface area (TPSA) is 105 Å². The number of hydrazine groups is 1. The van der Waals surface area contributed by atoms with Crippen molar-refractivity contribution in [3.8, 4) is 5.75 Å². The van der Waals surface area contributed by atoms with Gasteiger partial charge in [0.2, 0.25) is 0 Å². The van der Waals surface area contributed by atoms with Gasteiger partial charge < -0.3 is 20.5 Å². The van der Waals surface area contributed by atoms with Crippen molar-refractivity contribution in [1.82, 2.24) is 26.1 Å². The SMILES string of the molecule is CCc1cc(O)ccc1C1CCC2C(c3ncc(C4=CCN[C@@H](CO)C4)[nH]3)NNC2C1F. The fraction of sp³-hybridized carbons (Fsp3) is 0.542. The maximum atomic E-state index is 15.7. The minimum absolute atomic E-state index is 0.0629. The number of nitrogens with zero attached hydrogens (tertiary/aromatic N) is 1. The van der Waals surface area contributed by atoms with Crippen LogP contribution in [0.1, 0.15) is 60.8 Å². The number of aromatic hydroxyl groups is 1. The Morgan fingerprint density at radius 3 is 2.91 bits per heavy atom. The minimum atomic E-state index is -1.02. The molecule has 0 radical (unpaired) electrons. The first kappa shape index (κ1) is 21.6. The maximum Gasteiger partial charge on any atom is 0.125 e. The number of H-pyrrole nitrogens is 1. The van der Waals surface area contributed by atoms with Gasteiger partial charge in [0.05, 0.1) is 30.6 Å².